The molecule has 1 aromatic carbocycles. The summed E-state index contributed by atoms with van der Waals surface area (Å²) in [4.78, 5) is 15.6. The van der Waals surface area contributed by atoms with E-state index in [0.29, 0.717) is 12.2 Å². The van der Waals surface area contributed by atoms with Gasteiger partial charge in [-0.25, -0.2) is 9.78 Å². The van der Waals surface area contributed by atoms with Crippen LogP contribution in [0.2, 0.25) is 0 Å². The van der Waals surface area contributed by atoms with Gasteiger partial charge in [-0.15, -0.1) is 0 Å². The maximum Gasteiger partial charge on any atom is 0.358 e. The molecule has 5 nitrogen and oxygen atoms in total. The largest absolute Gasteiger partial charge is 0.461 e. The molecular weight excluding hydrogens is 254 g/mol. The zero-order chi connectivity index (χ0) is 14.5. The minimum absolute atomic E-state index is 0.0819. The molecule has 0 saturated heterocycles. The number of aromatic nitrogens is 2. The Labute approximate surface area is 117 Å². The van der Waals surface area contributed by atoms with Crippen LogP contribution in [-0.4, -0.2) is 22.1 Å². The maximum atomic E-state index is 11.6. The fourth-order valence-corrected chi connectivity index (χ4v) is 1.98. The number of hydrogen-bond acceptors (Lipinski definition) is 4. The Bertz CT molecular complexity index is 655. The molecule has 0 amide bonds. The number of hydrogen-bond donors (Lipinski definition) is 0. The minimum atomic E-state index is -0.438. The van der Waals surface area contributed by atoms with E-state index in [1.165, 1.54) is 0 Å². The summed E-state index contributed by atoms with van der Waals surface area (Å²) in [7, 11) is 0. The minimum Gasteiger partial charge on any atom is -0.461 e. The molecule has 0 aliphatic heterocycles. The van der Waals surface area contributed by atoms with Crippen molar-refractivity contribution in [3.05, 3.63) is 53.6 Å². The van der Waals surface area contributed by atoms with E-state index in [0.717, 1.165) is 5.56 Å². The average molecular weight is 269 g/mol. The average Bonchev–Trinajstić information content (AvgIpc) is 2.96. The second kappa shape index (κ2) is 6.02. The summed E-state index contributed by atoms with van der Waals surface area (Å²) in [6, 6.07) is 9.47. The molecular formula is C15H15N3O2. The summed E-state index contributed by atoms with van der Waals surface area (Å²) in [5.74, 6) is -0.438. The van der Waals surface area contributed by atoms with Gasteiger partial charge < -0.3 is 9.30 Å². The lowest BCUT2D eigenvalue weighted by molar-refractivity contribution is 0.0520. The summed E-state index contributed by atoms with van der Waals surface area (Å²) >= 11 is 0. The zero-order valence-corrected chi connectivity index (χ0v) is 11.4. The highest BCUT2D eigenvalue weighted by Crippen LogP contribution is 2.21. The molecule has 0 bridgehead atoms. The van der Waals surface area contributed by atoms with Gasteiger partial charge in [0.15, 0.2) is 5.69 Å². The lowest BCUT2D eigenvalue weighted by Crippen LogP contribution is -2.07. The number of imidazole rings is 1. The highest BCUT2D eigenvalue weighted by atomic mass is 16.5. The van der Waals surface area contributed by atoms with Crippen molar-refractivity contribution in [3.63, 3.8) is 0 Å². The van der Waals surface area contributed by atoms with Gasteiger partial charge in [-0.1, -0.05) is 18.2 Å². The van der Waals surface area contributed by atoms with Gasteiger partial charge in [0.05, 0.1) is 30.6 Å². The Balaban J connectivity index is 2.28. The Morgan fingerprint density at radius 3 is 2.95 bits per heavy atom. The molecule has 0 aliphatic carbocycles. The molecule has 102 valence electrons. The van der Waals surface area contributed by atoms with Crippen LogP contribution in [0.3, 0.4) is 0 Å². The lowest BCUT2D eigenvalue weighted by atomic mass is 10.0. The van der Waals surface area contributed by atoms with E-state index >= 15 is 0 Å². The molecule has 0 fully saturated rings. The molecule has 0 spiro atoms. The number of nitriles is 1. The smallest absolute Gasteiger partial charge is 0.358 e. The molecule has 0 N–H and O–H groups in total. The summed E-state index contributed by atoms with van der Waals surface area (Å²) in [6.07, 6.45) is 3.21. The topological polar surface area (TPSA) is 67.9 Å². The Morgan fingerprint density at radius 2 is 2.25 bits per heavy atom. The molecule has 1 heterocycles. The SMILES string of the molecule is CCOC(=O)c1cn([C@@H](C)c2ccccc2C#N)cn1. The molecule has 0 unspecified atom stereocenters. The molecule has 5 heteroatoms. The first-order valence-electron chi connectivity index (χ1n) is 6.37. The summed E-state index contributed by atoms with van der Waals surface area (Å²) in [5, 5.41) is 9.13. The van der Waals surface area contributed by atoms with Gasteiger partial charge in [-0.05, 0) is 25.5 Å². The Kier molecular flexibility index (Phi) is 4.16. The lowest BCUT2D eigenvalue weighted by Gasteiger charge is -2.14. The van der Waals surface area contributed by atoms with E-state index in [-0.39, 0.29) is 11.7 Å². The van der Waals surface area contributed by atoms with Gasteiger partial charge in [0.25, 0.3) is 0 Å². The summed E-state index contributed by atoms with van der Waals surface area (Å²) in [6.45, 7) is 4.02. The van der Waals surface area contributed by atoms with Crippen molar-refractivity contribution in [2.24, 2.45) is 0 Å². The fraction of sp³-hybridized carbons (Fsp3) is 0.267. The van der Waals surface area contributed by atoms with Gasteiger partial charge in [0.2, 0.25) is 0 Å². The predicted molar refractivity (Wildman–Crippen MR) is 73.2 cm³/mol. The van der Waals surface area contributed by atoms with Crippen LogP contribution in [0.25, 0.3) is 0 Å². The van der Waals surface area contributed by atoms with Crippen LogP contribution >= 0.6 is 0 Å². The van der Waals surface area contributed by atoms with Crippen LogP contribution in [-0.2, 0) is 4.74 Å². The predicted octanol–water partition coefficient (Wildman–Crippen LogP) is 2.54. The molecule has 2 rings (SSSR count). The van der Waals surface area contributed by atoms with Crippen LogP contribution in [0.5, 0.6) is 0 Å². The van der Waals surface area contributed by atoms with E-state index in [4.69, 9.17) is 10.00 Å². The van der Waals surface area contributed by atoms with Crippen molar-refractivity contribution in [2.75, 3.05) is 6.61 Å². The van der Waals surface area contributed by atoms with Gasteiger partial charge in [0, 0.05) is 6.20 Å². The van der Waals surface area contributed by atoms with Crippen molar-refractivity contribution in [1.29, 1.82) is 5.26 Å². The normalized spacial score (nSPS) is 11.7. The number of carbonyl (C=O) groups is 1. The van der Waals surface area contributed by atoms with Crippen LogP contribution in [0, 0.1) is 11.3 Å². The number of rotatable bonds is 4. The number of esters is 1. The molecule has 20 heavy (non-hydrogen) atoms. The number of carbonyl (C=O) groups excluding carboxylic acids is 1. The fourth-order valence-electron chi connectivity index (χ4n) is 1.98. The van der Waals surface area contributed by atoms with Crippen molar-refractivity contribution in [1.82, 2.24) is 9.55 Å². The van der Waals surface area contributed by atoms with Crippen LogP contribution in [0.4, 0.5) is 0 Å². The van der Waals surface area contributed by atoms with Gasteiger partial charge in [-0.2, -0.15) is 5.26 Å². The number of nitrogens with zero attached hydrogens (tertiary/aromatic N) is 3. The first-order chi connectivity index (χ1) is 9.67. The molecule has 0 saturated carbocycles. The van der Waals surface area contributed by atoms with E-state index in [1.807, 2.05) is 25.1 Å². The van der Waals surface area contributed by atoms with Crippen molar-refractivity contribution >= 4 is 5.97 Å². The molecule has 2 aromatic rings. The third-order valence-electron chi connectivity index (χ3n) is 3.06. The van der Waals surface area contributed by atoms with E-state index in [2.05, 4.69) is 11.1 Å². The molecule has 0 radical (unpaired) electrons. The molecule has 1 atom stereocenters. The zero-order valence-electron chi connectivity index (χ0n) is 11.4. The van der Waals surface area contributed by atoms with Crippen molar-refractivity contribution in [3.8, 4) is 6.07 Å². The molecule has 1 aromatic heterocycles. The number of benzene rings is 1. The second-order valence-corrected chi connectivity index (χ2v) is 4.30. The summed E-state index contributed by atoms with van der Waals surface area (Å²) in [5.41, 5.74) is 1.78. The van der Waals surface area contributed by atoms with Crippen LogP contribution in [0.1, 0.15) is 41.5 Å². The standard InChI is InChI=1S/C15H15N3O2/c1-3-20-15(19)14-9-18(10-17-14)11(2)13-7-5-4-6-12(13)8-16/h4-7,9-11H,3H2,1-2H3/t11-/m0/s1. The van der Waals surface area contributed by atoms with Gasteiger partial charge >= 0.3 is 5.97 Å². The van der Waals surface area contributed by atoms with Crippen molar-refractivity contribution < 1.29 is 9.53 Å². The van der Waals surface area contributed by atoms with Crippen LogP contribution < -0.4 is 0 Å². The van der Waals surface area contributed by atoms with Crippen molar-refractivity contribution in [2.45, 2.75) is 19.9 Å². The highest BCUT2D eigenvalue weighted by Gasteiger charge is 2.15. The Morgan fingerprint density at radius 1 is 1.50 bits per heavy atom. The second-order valence-electron chi connectivity index (χ2n) is 4.30. The van der Waals surface area contributed by atoms with E-state index < -0.39 is 5.97 Å². The Hall–Kier alpha value is -2.61. The summed E-state index contributed by atoms with van der Waals surface area (Å²) < 4.78 is 6.70. The number of ether oxygens (including phenoxy) is 1. The third-order valence-corrected chi connectivity index (χ3v) is 3.06. The first-order valence-corrected chi connectivity index (χ1v) is 6.37. The third kappa shape index (κ3) is 2.69. The van der Waals surface area contributed by atoms with Gasteiger partial charge in [-0.3, -0.25) is 0 Å². The maximum absolute atomic E-state index is 11.6. The first kappa shape index (κ1) is 13.8. The monoisotopic (exact) mass is 269 g/mol. The molecule has 0 aliphatic rings. The van der Waals surface area contributed by atoms with E-state index in [9.17, 15) is 4.79 Å². The quantitative estimate of drug-likeness (QED) is 0.800. The highest BCUT2D eigenvalue weighted by molar-refractivity contribution is 5.86. The van der Waals surface area contributed by atoms with E-state index in [1.54, 1.807) is 30.1 Å². The van der Waals surface area contributed by atoms with Crippen LogP contribution in [0.15, 0.2) is 36.8 Å². The van der Waals surface area contributed by atoms with Gasteiger partial charge in [0.1, 0.15) is 0 Å².